The highest BCUT2D eigenvalue weighted by molar-refractivity contribution is 7.86. The highest BCUT2D eigenvalue weighted by atomic mass is 32.2. The van der Waals surface area contributed by atoms with Gasteiger partial charge in [-0.1, -0.05) is 20.8 Å². The molecule has 0 heterocycles. The molecule has 8 nitrogen and oxygen atoms in total. The van der Waals surface area contributed by atoms with Gasteiger partial charge in [0.2, 0.25) is 0 Å². The van der Waals surface area contributed by atoms with Crippen LogP contribution in [0, 0.1) is 46.3 Å². The summed E-state index contributed by atoms with van der Waals surface area (Å²) in [5.74, 6) is -0.385. The molecule has 4 aliphatic carbocycles. The number of carbonyl (C=O) groups excluding carboxylic acids is 1. The molecule has 4 fully saturated rings. The molecule has 38 heavy (non-hydrogen) atoms. The first kappa shape index (κ1) is 30.1. The number of aliphatic hydroxyl groups is 3. The SMILES string of the molecule is CC(CCC(=O)OC(C)C(F)(F)S(=O)(=O)O)C1CC[C@H]2[C@@H]3[C@H](O)C[C@@H]4C[C@H](O)CC[C@]4(C)[C@H]3C[C@H](O)[C@]12C. The molecule has 4 rings (SSSR count). The molecule has 4 saturated carbocycles. The van der Waals surface area contributed by atoms with Crippen LogP contribution in [0.25, 0.3) is 0 Å². The predicted molar refractivity (Wildman–Crippen MR) is 134 cm³/mol. The van der Waals surface area contributed by atoms with E-state index < -0.39 is 45.1 Å². The van der Waals surface area contributed by atoms with Gasteiger partial charge in [0.05, 0.1) is 18.3 Å². The molecular formula is C27H44F2O8S. The molecule has 0 amide bonds. The van der Waals surface area contributed by atoms with Gasteiger partial charge in [0.25, 0.3) is 0 Å². The largest absolute Gasteiger partial charge is 0.455 e. The molecule has 220 valence electrons. The highest BCUT2D eigenvalue weighted by Crippen LogP contribution is 2.68. The summed E-state index contributed by atoms with van der Waals surface area (Å²) < 4.78 is 62.7. The van der Waals surface area contributed by atoms with Crippen LogP contribution in [0.2, 0.25) is 0 Å². The van der Waals surface area contributed by atoms with Crippen LogP contribution < -0.4 is 0 Å². The van der Waals surface area contributed by atoms with Crippen LogP contribution in [0.4, 0.5) is 8.78 Å². The van der Waals surface area contributed by atoms with Gasteiger partial charge in [-0.05, 0) is 105 Å². The third-order valence-corrected chi connectivity index (χ3v) is 12.5. The molecule has 4 aliphatic rings. The second kappa shape index (κ2) is 10.2. The molecule has 0 radical (unpaired) electrons. The fraction of sp³-hybridized carbons (Fsp3) is 0.963. The lowest BCUT2D eigenvalue weighted by Gasteiger charge is -2.63. The molecule has 0 aromatic rings. The maximum absolute atomic E-state index is 13.7. The zero-order valence-electron chi connectivity index (χ0n) is 22.7. The van der Waals surface area contributed by atoms with E-state index in [0.717, 1.165) is 32.6 Å². The number of hydrogen-bond donors (Lipinski definition) is 4. The average Bonchev–Trinajstić information content (AvgIpc) is 3.17. The van der Waals surface area contributed by atoms with Crippen LogP contribution in [0.1, 0.15) is 85.5 Å². The lowest BCUT2D eigenvalue weighted by Crippen LogP contribution is -2.62. The molecule has 0 aromatic carbocycles. The number of alkyl halides is 2. The summed E-state index contributed by atoms with van der Waals surface area (Å²) in [7, 11) is -5.72. The minimum atomic E-state index is -5.72. The van der Waals surface area contributed by atoms with Gasteiger partial charge in [-0.25, -0.2) is 0 Å². The number of hydrogen-bond acceptors (Lipinski definition) is 7. The van der Waals surface area contributed by atoms with Crippen LogP contribution in [0.5, 0.6) is 0 Å². The fourth-order valence-corrected chi connectivity index (χ4v) is 9.68. The Hall–Kier alpha value is -0.880. The number of fused-ring (bicyclic) bond motifs is 5. The average molecular weight is 567 g/mol. The van der Waals surface area contributed by atoms with Crippen molar-refractivity contribution in [1.82, 2.24) is 0 Å². The summed E-state index contributed by atoms with van der Waals surface area (Å²) in [6.45, 7) is 7.05. The zero-order valence-corrected chi connectivity index (χ0v) is 23.5. The first-order chi connectivity index (χ1) is 17.4. The van der Waals surface area contributed by atoms with Crippen molar-refractivity contribution < 1.29 is 46.6 Å². The Bertz CT molecular complexity index is 1010. The normalized spacial score (nSPS) is 44.9. The van der Waals surface area contributed by atoms with E-state index in [4.69, 9.17) is 4.55 Å². The third-order valence-electron chi connectivity index (χ3n) is 11.4. The van der Waals surface area contributed by atoms with Crippen molar-refractivity contribution in [3.8, 4) is 0 Å². The van der Waals surface area contributed by atoms with E-state index in [2.05, 4.69) is 18.6 Å². The number of halogens is 2. The van der Waals surface area contributed by atoms with Crippen LogP contribution in [-0.4, -0.2) is 63.9 Å². The molecule has 3 unspecified atom stereocenters. The minimum absolute atomic E-state index is 0.0281. The summed E-state index contributed by atoms with van der Waals surface area (Å²) in [6.07, 6.45) is 1.63. The van der Waals surface area contributed by atoms with Gasteiger partial charge in [0.1, 0.15) is 0 Å². The Morgan fingerprint density at radius 2 is 1.71 bits per heavy atom. The number of aliphatic hydroxyl groups excluding tert-OH is 3. The Morgan fingerprint density at radius 3 is 2.34 bits per heavy atom. The number of ether oxygens (including phenoxy) is 1. The third kappa shape index (κ3) is 4.82. The van der Waals surface area contributed by atoms with Crippen molar-refractivity contribution in [3.05, 3.63) is 0 Å². The second-order valence-electron chi connectivity index (χ2n) is 13.2. The lowest BCUT2D eigenvalue weighted by atomic mass is 9.43. The lowest BCUT2D eigenvalue weighted by molar-refractivity contribution is -0.207. The maximum atomic E-state index is 13.7. The van der Waals surface area contributed by atoms with Crippen molar-refractivity contribution in [1.29, 1.82) is 0 Å². The Labute approximate surface area is 224 Å². The van der Waals surface area contributed by atoms with Crippen molar-refractivity contribution >= 4 is 16.1 Å². The second-order valence-corrected chi connectivity index (χ2v) is 14.7. The Balaban J connectivity index is 1.44. The summed E-state index contributed by atoms with van der Waals surface area (Å²) in [5.41, 5.74) is -0.492. The van der Waals surface area contributed by atoms with E-state index >= 15 is 0 Å². The van der Waals surface area contributed by atoms with Crippen LogP contribution in [0.15, 0.2) is 0 Å². The van der Waals surface area contributed by atoms with Gasteiger partial charge in [-0.15, -0.1) is 0 Å². The van der Waals surface area contributed by atoms with Crippen molar-refractivity contribution in [2.75, 3.05) is 0 Å². The summed E-state index contributed by atoms with van der Waals surface area (Å²) in [4.78, 5) is 12.3. The summed E-state index contributed by atoms with van der Waals surface area (Å²) >= 11 is 0. The van der Waals surface area contributed by atoms with Crippen LogP contribution >= 0.6 is 0 Å². The first-order valence-electron chi connectivity index (χ1n) is 14.0. The maximum Gasteiger partial charge on any atom is 0.405 e. The molecule has 0 bridgehead atoms. The molecule has 0 aliphatic heterocycles. The van der Waals surface area contributed by atoms with E-state index in [0.29, 0.717) is 25.7 Å². The Kier molecular flexibility index (Phi) is 8.07. The smallest absolute Gasteiger partial charge is 0.405 e. The van der Waals surface area contributed by atoms with E-state index in [-0.39, 0.29) is 53.4 Å². The molecular weight excluding hydrogens is 522 g/mol. The summed E-state index contributed by atoms with van der Waals surface area (Å²) in [5, 5.41) is 28.6. The van der Waals surface area contributed by atoms with E-state index in [9.17, 15) is 37.3 Å². The van der Waals surface area contributed by atoms with Gasteiger partial charge in [0, 0.05) is 6.42 Å². The monoisotopic (exact) mass is 566 g/mol. The van der Waals surface area contributed by atoms with Gasteiger partial charge >= 0.3 is 21.3 Å². The minimum Gasteiger partial charge on any atom is -0.455 e. The van der Waals surface area contributed by atoms with Gasteiger partial charge in [0.15, 0.2) is 6.10 Å². The van der Waals surface area contributed by atoms with E-state index in [1.165, 1.54) is 0 Å². The molecule has 11 heteroatoms. The van der Waals surface area contributed by atoms with Gasteiger partial charge < -0.3 is 20.1 Å². The van der Waals surface area contributed by atoms with Crippen LogP contribution in [0.3, 0.4) is 0 Å². The van der Waals surface area contributed by atoms with Crippen LogP contribution in [-0.2, 0) is 19.6 Å². The molecule has 0 spiro atoms. The predicted octanol–water partition coefficient (Wildman–Crippen LogP) is 3.78. The van der Waals surface area contributed by atoms with Gasteiger partial charge in [-0.3, -0.25) is 9.35 Å². The van der Waals surface area contributed by atoms with E-state index in [1.807, 2.05) is 6.92 Å². The topological polar surface area (TPSA) is 141 Å². The standard InChI is InChI=1S/C27H44F2O8S/c1-14(5-8-23(33)37-15(2)27(28,29)38(34,35)36)18-6-7-19-24-20(13-22(32)26(18,19)4)25(3)10-9-17(30)11-16(25)12-21(24)31/h14-22,24,30-32H,5-13H2,1-4H3,(H,34,35,36)/t14?,15?,16-,17+,18?,19-,20-,21+,22-,24-,25-,26+/m0/s1. The van der Waals surface area contributed by atoms with Gasteiger partial charge in [-0.2, -0.15) is 17.2 Å². The number of carbonyl (C=O) groups is 1. The summed E-state index contributed by atoms with van der Waals surface area (Å²) in [6, 6.07) is 0. The first-order valence-corrected chi connectivity index (χ1v) is 15.5. The van der Waals surface area contributed by atoms with Crippen molar-refractivity contribution in [3.63, 3.8) is 0 Å². The number of esters is 1. The van der Waals surface area contributed by atoms with E-state index in [1.54, 1.807) is 0 Å². The molecule has 4 N–H and O–H groups in total. The zero-order chi connectivity index (χ0) is 28.4. The van der Waals surface area contributed by atoms with Crippen molar-refractivity contribution in [2.45, 2.75) is 115 Å². The van der Waals surface area contributed by atoms with Crippen molar-refractivity contribution in [2.24, 2.45) is 46.3 Å². The molecule has 0 saturated heterocycles. The highest BCUT2D eigenvalue weighted by Gasteiger charge is 2.65. The fourth-order valence-electron chi connectivity index (χ4n) is 9.21. The molecule has 12 atom stereocenters. The molecule has 0 aromatic heterocycles. The number of rotatable bonds is 7. The Morgan fingerprint density at radius 1 is 1.05 bits per heavy atom. The quantitative estimate of drug-likeness (QED) is 0.270.